The predicted molar refractivity (Wildman–Crippen MR) is 67.9 cm³/mol. The van der Waals surface area contributed by atoms with Crippen molar-refractivity contribution in [3.05, 3.63) is 0 Å². The maximum Gasteiger partial charge on any atom is -0.00235 e. The zero-order chi connectivity index (χ0) is 11.4. The standard InChI is InChI=1S/C14H29N/c1-10-6-7-14(8-11(10)2)13(4)12(3)9-15-5/h10-15H,6-9H2,1-5H3. The fourth-order valence-corrected chi connectivity index (χ4v) is 3.04. The van der Waals surface area contributed by atoms with E-state index in [0.29, 0.717) is 0 Å². The van der Waals surface area contributed by atoms with Gasteiger partial charge in [-0.15, -0.1) is 0 Å². The van der Waals surface area contributed by atoms with Crippen LogP contribution in [0.2, 0.25) is 0 Å². The fourth-order valence-electron chi connectivity index (χ4n) is 3.04. The minimum absolute atomic E-state index is 0.820. The lowest BCUT2D eigenvalue weighted by atomic mass is 9.69. The van der Waals surface area contributed by atoms with Crippen LogP contribution in [-0.4, -0.2) is 13.6 Å². The van der Waals surface area contributed by atoms with E-state index in [0.717, 1.165) is 29.6 Å². The summed E-state index contributed by atoms with van der Waals surface area (Å²) in [6.45, 7) is 10.9. The van der Waals surface area contributed by atoms with Crippen LogP contribution in [0.1, 0.15) is 47.0 Å². The first-order chi connectivity index (χ1) is 7.06. The van der Waals surface area contributed by atoms with Gasteiger partial charge < -0.3 is 5.32 Å². The number of hydrogen-bond acceptors (Lipinski definition) is 1. The van der Waals surface area contributed by atoms with Gasteiger partial charge in [-0.1, -0.05) is 34.1 Å². The average molecular weight is 211 g/mol. The van der Waals surface area contributed by atoms with Crippen molar-refractivity contribution in [1.29, 1.82) is 0 Å². The van der Waals surface area contributed by atoms with Crippen LogP contribution in [-0.2, 0) is 0 Å². The smallest absolute Gasteiger partial charge is 0.00235 e. The Morgan fingerprint density at radius 3 is 2.33 bits per heavy atom. The summed E-state index contributed by atoms with van der Waals surface area (Å²) < 4.78 is 0. The van der Waals surface area contributed by atoms with Gasteiger partial charge in [0.15, 0.2) is 0 Å². The van der Waals surface area contributed by atoms with Gasteiger partial charge in [-0.3, -0.25) is 0 Å². The van der Waals surface area contributed by atoms with Crippen LogP contribution >= 0.6 is 0 Å². The Balaban J connectivity index is 2.43. The summed E-state index contributed by atoms with van der Waals surface area (Å²) >= 11 is 0. The summed E-state index contributed by atoms with van der Waals surface area (Å²) in [5, 5.41) is 3.31. The summed E-state index contributed by atoms with van der Waals surface area (Å²) in [7, 11) is 2.06. The van der Waals surface area contributed by atoms with E-state index in [2.05, 4.69) is 40.1 Å². The number of nitrogens with one attached hydrogen (secondary N) is 1. The van der Waals surface area contributed by atoms with Crippen LogP contribution in [0, 0.1) is 29.6 Å². The van der Waals surface area contributed by atoms with Crippen LogP contribution in [0.5, 0.6) is 0 Å². The SMILES string of the molecule is CNCC(C)C(C)C1CCC(C)C(C)C1. The van der Waals surface area contributed by atoms with E-state index in [1.54, 1.807) is 0 Å². The zero-order valence-corrected chi connectivity index (χ0v) is 11.2. The Bertz CT molecular complexity index is 178. The zero-order valence-electron chi connectivity index (χ0n) is 11.2. The molecule has 1 fully saturated rings. The highest BCUT2D eigenvalue weighted by Crippen LogP contribution is 2.39. The minimum Gasteiger partial charge on any atom is -0.319 e. The normalized spacial score (nSPS) is 36.2. The summed E-state index contributed by atoms with van der Waals surface area (Å²) in [4.78, 5) is 0. The molecule has 1 rings (SSSR count). The fraction of sp³-hybridized carbons (Fsp3) is 1.00. The molecule has 0 spiro atoms. The molecular formula is C14H29N. The molecule has 1 N–H and O–H groups in total. The first-order valence-corrected chi connectivity index (χ1v) is 6.70. The van der Waals surface area contributed by atoms with Gasteiger partial charge in [-0.2, -0.15) is 0 Å². The highest BCUT2D eigenvalue weighted by Gasteiger charge is 2.29. The molecule has 1 saturated carbocycles. The van der Waals surface area contributed by atoms with Crippen molar-refractivity contribution in [3.8, 4) is 0 Å². The molecular weight excluding hydrogens is 182 g/mol. The van der Waals surface area contributed by atoms with Gasteiger partial charge in [-0.05, 0) is 56.0 Å². The molecule has 0 aromatic rings. The van der Waals surface area contributed by atoms with Crippen molar-refractivity contribution in [2.75, 3.05) is 13.6 Å². The summed E-state index contributed by atoms with van der Waals surface area (Å²) in [6.07, 6.45) is 4.36. The molecule has 15 heavy (non-hydrogen) atoms. The average Bonchev–Trinajstić information content (AvgIpc) is 2.21. The Morgan fingerprint density at radius 2 is 1.80 bits per heavy atom. The first-order valence-electron chi connectivity index (χ1n) is 6.70. The lowest BCUT2D eigenvalue weighted by Crippen LogP contribution is -2.31. The van der Waals surface area contributed by atoms with Crippen LogP contribution in [0.3, 0.4) is 0 Å². The highest BCUT2D eigenvalue weighted by molar-refractivity contribution is 4.80. The maximum absolute atomic E-state index is 3.31. The Morgan fingerprint density at radius 1 is 1.13 bits per heavy atom. The summed E-state index contributed by atoms with van der Waals surface area (Å²) in [6, 6.07) is 0. The highest BCUT2D eigenvalue weighted by atomic mass is 14.8. The molecule has 1 aliphatic carbocycles. The lowest BCUT2D eigenvalue weighted by molar-refractivity contribution is 0.134. The van der Waals surface area contributed by atoms with Gasteiger partial charge in [-0.25, -0.2) is 0 Å². The Kier molecular flexibility index (Phi) is 5.11. The second kappa shape index (κ2) is 5.89. The topological polar surface area (TPSA) is 12.0 Å². The lowest BCUT2D eigenvalue weighted by Gasteiger charge is -2.37. The van der Waals surface area contributed by atoms with Gasteiger partial charge in [0.05, 0.1) is 0 Å². The van der Waals surface area contributed by atoms with Gasteiger partial charge in [0.25, 0.3) is 0 Å². The molecule has 0 aromatic heterocycles. The first kappa shape index (κ1) is 13.0. The van der Waals surface area contributed by atoms with Gasteiger partial charge in [0.2, 0.25) is 0 Å². The number of hydrogen-bond donors (Lipinski definition) is 1. The van der Waals surface area contributed by atoms with E-state index in [1.807, 2.05) is 0 Å². The largest absolute Gasteiger partial charge is 0.319 e. The summed E-state index contributed by atoms with van der Waals surface area (Å²) in [5.41, 5.74) is 0. The third-order valence-corrected chi connectivity index (χ3v) is 4.81. The second-order valence-corrected chi connectivity index (χ2v) is 5.92. The van der Waals surface area contributed by atoms with Crippen molar-refractivity contribution in [1.82, 2.24) is 5.32 Å². The Hall–Kier alpha value is -0.0400. The van der Waals surface area contributed by atoms with Crippen LogP contribution in [0.4, 0.5) is 0 Å². The molecule has 0 saturated heterocycles. The molecule has 5 unspecified atom stereocenters. The summed E-state index contributed by atoms with van der Waals surface area (Å²) in [5.74, 6) is 4.56. The third kappa shape index (κ3) is 3.48. The van der Waals surface area contributed by atoms with E-state index in [-0.39, 0.29) is 0 Å². The maximum atomic E-state index is 3.31. The Labute approximate surface area is 96.0 Å². The van der Waals surface area contributed by atoms with E-state index < -0.39 is 0 Å². The van der Waals surface area contributed by atoms with E-state index in [9.17, 15) is 0 Å². The molecule has 0 radical (unpaired) electrons. The van der Waals surface area contributed by atoms with Crippen molar-refractivity contribution in [2.24, 2.45) is 29.6 Å². The van der Waals surface area contributed by atoms with E-state index in [1.165, 1.54) is 25.8 Å². The minimum atomic E-state index is 0.820. The quantitative estimate of drug-likeness (QED) is 0.750. The van der Waals surface area contributed by atoms with E-state index in [4.69, 9.17) is 0 Å². The van der Waals surface area contributed by atoms with Crippen LogP contribution < -0.4 is 5.32 Å². The molecule has 1 aliphatic rings. The van der Waals surface area contributed by atoms with Crippen molar-refractivity contribution in [3.63, 3.8) is 0 Å². The molecule has 1 heteroatoms. The van der Waals surface area contributed by atoms with Crippen molar-refractivity contribution < 1.29 is 0 Å². The molecule has 1 nitrogen and oxygen atoms in total. The van der Waals surface area contributed by atoms with Gasteiger partial charge in [0, 0.05) is 0 Å². The molecule has 0 aromatic carbocycles. The van der Waals surface area contributed by atoms with E-state index >= 15 is 0 Å². The van der Waals surface area contributed by atoms with Crippen LogP contribution in [0.25, 0.3) is 0 Å². The second-order valence-electron chi connectivity index (χ2n) is 5.92. The molecule has 90 valence electrons. The molecule has 0 aliphatic heterocycles. The molecule has 0 amide bonds. The van der Waals surface area contributed by atoms with Gasteiger partial charge >= 0.3 is 0 Å². The molecule has 5 atom stereocenters. The third-order valence-electron chi connectivity index (χ3n) is 4.81. The predicted octanol–water partition coefficient (Wildman–Crippen LogP) is 3.55. The molecule has 0 bridgehead atoms. The number of rotatable bonds is 4. The van der Waals surface area contributed by atoms with Gasteiger partial charge in [0.1, 0.15) is 0 Å². The van der Waals surface area contributed by atoms with Crippen molar-refractivity contribution >= 4 is 0 Å². The van der Waals surface area contributed by atoms with Crippen LogP contribution in [0.15, 0.2) is 0 Å². The van der Waals surface area contributed by atoms with Crippen molar-refractivity contribution in [2.45, 2.75) is 47.0 Å². The monoisotopic (exact) mass is 211 g/mol. The molecule has 0 heterocycles.